The van der Waals surface area contributed by atoms with Crippen LogP contribution < -0.4 is 0 Å². The van der Waals surface area contributed by atoms with Gasteiger partial charge in [0.05, 0.1) is 6.54 Å². The van der Waals surface area contributed by atoms with Crippen LogP contribution in [0.5, 0.6) is 0 Å². The normalized spacial score (nSPS) is 11.2. The minimum absolute atomic E-state index is 0.0702. The van der Waals surface area contributed by atoms with Crippen LogP contribution in [0.1, 0.15) is 18.9 Å². The number of aromatic nitrogens is 2. The van der Waals surface area contributed by atoms with E-state index in [1.54, 1.807) is 6.20 Å². The van der Waals surface area contributed by atoms with Crippen LogP contribution in [-0.2, 0) is 11.3 Å². The van der Waals surface area contributed by atoms with E-state index in [1.165, 1.54) is 0 Å². The van der Waals surface area contributed by atoms with E-state index >= 15 is 0 Å². The van der Waals surface area contributed by atoms with Gasteiger partial charge in [-0.05, 0) is 30.7 Å². The van der Waals surface area contributed by atoms with Crippen LogP contribution in [-0.4, -0.2) is 39.0 Å². The topological polar surface area (TPSA) is 69.2 Å². The fraction of sp³-hybridized carbons (Fsp3) is 0.385. The van der Waals surface area contributed by atoms with Crippen molar-refractivity contribution < 1.29 is 9.90 Å². The zero-order valence-corrected chi connectivity index (χ0v) is 10.4. The molecular weight excluding hydrogens is 230 g/mol. The van der Waals surface area contributed by atoms with Crippen LogP contribution in [0.3, 0.4) is 0 Å². The molecule has 0 aliphatic carbocycles. The maximum absolute atomic E-state index is 10.8. The molecule has 2 aromatic rings. The molecule has 96 valence electrons. The second-order valence-corrected chi connectivity index (χ2v) is 4.32. The number of aliphatic carboxylic acids is 1. The van der Waals surface area contributed by atoms with Gasteiger partial charge in [-0.2, -0.15) is 0 Å². The Morgan fingerprint density at radius 2 is 2.39 bits per heavy atom. The van der Waals surface area contributed by atoms with Crippen LogP contribution in [0.2, 0.25) is 0 Å². The summed E-state index contributed by atoms with van der Waals surface area (Å²) in [7, 11) is 0. The molecule has 5 heteroatoms. The molecule has 0 saturated carbocycles. The number of pyridine rings is 1. The molecule has 0 spiro atoms. The number of nitrogens with one attached hydrogen (secondary N) is 1. The lowest BCUT2D eigenvalue weighted by molar-refractivity contribution is -0.138. The number of fused-ring (bicyclic) bond motifs is 1. The van der Waals surface area contributed by atoms with E-state index in [0.29, 0.717) is 6.54 Å². The number of carbonyl (C=O) groups is 1. The predicted molar refractivity (Wildman–Crippen MR) is 69.3 cm³/mol. The zero-order valence-electron chi connectivity index (χ0n) is 10.4. The third kappa shape index (κ3) is 2.87. The lowest BCUT2D eigenvalue weighted by Gasteiger charge is -2.18. The van der Waals surface area contributed by atoms with Crippen LogP contribution >= 0.6 is 0 Å². The van der Waals surface area contributed by atoms with Gasteiger partial charge >= 0.3 is 5.97 Å². The first-order valence-electron chi connectivity index (χ1n) is 6.06. The summed E-state index contributed by atoms with van der Waals surface area (Å²) in [5.74, 6) is -0.790. The van der Waals surface area contributed by atoms with Crippen molar-refractivity contribution in [2.24, 2.45) is 0 Å². The van der Waals surface area contributed by atoms with Crippen molar-refractivity contribution in [2.45, 2.75) is 19.9 Å². The van der Waals surface area contributed by atoms with Gasteiger partial charge in [0.25, 0.3) is 0 Å². The summed E-state index contributed by atoms with van der Waals surface area (Å²) in [5, 5.41) is 9.95. The Bertz CT molecular complexity index is 536. The number of hydrogen-bond acceptors (Lipinski definition) is 3. The minimum Gasteiger partial charge on any atom is -0.480 e. The number of nitrogens with zero attached hydrogens (tertiary/aromatic N) is 2. The zero-order chi connectivity index (χ0) is 13.0. The minimum atomic E-state index is -0.790. The first-order chi connectivity index (χ1) is 8.70. The van der Waals surface area contributed by atoms with Gasteiger partial charge in [0.1, 0.15) is 5.65 Å². The smallest absolute Gasteiger partial charge is 0.317 e. The van der Waals surface area contributed by atoms with Gasteiger partial charge in [-0.1, -0.05) is 6.92 Å². The maximum Gasteiger partial charge on any atom is 0.317 e. The summed E-state index contributed by atoms with van der Waals surface area (Å²) in [6.07, 6.45) is 4.58. The third-order valence-corrected chi connectivity index (χ3v) is 2.83. The summed E-state index contributed by atoms with van der Waals surface area (Å²) in [6.45, 7) is 3.53. The molecule has 2 N–H and O–H groups in total. The Labute approximate surface area is 105 Å². The van der Waals surface area contributed by atoms with Crippen molar-refractivity contribution in [1.29, 1.82) is 0 Å². The molecule has 0 radical (unpaired) electrons. The molecule has 0 aliphatic heterocycles. The molecule has 2 heterocycles. The van der Waals surface area contributed by atoms with E-state index in [4.69, 9.17) is 5.11 Å². The molecule has 0 aliphatic rings. The summed E-state index contributed by atoms with van der Waals surface area (Å²) in [6, 6.07) is 3.89. The van der Waals surface area contributed by atoms with Gasteiger partial charge in [0, 0.05) is 24.3 Å². The maximum atomic E-state index is 10.8. The summed E-state index contributed by atoms with van der Waals surface area (Å²) in [4.78, 5) is 20.1. The van der Waals surface area contributed by atoms with Crippen LogP contribution in [0.15, 0.2) is 24.5 Å². The summed E-state index contributed by atoms with van der Waals surface area (Å²) < 4.78 is 0. The largest absolute Gasteiger partial charge is 0.480 e. The van der Waals surface area contributed by atoms with E-state index in [0.717, 1.165) is 29.6 Å². The Kier molecular flexibility index (Phi) is 3.94. The van der Waals surface area contributed by atoms with E-state index in [1.807, 2.05) is 30.2 Å². The molecule has 0 aromatic carbocycles. The molecule has 2 aromatic heterocycles. The molecule has 0 saturated heterocycles. The monoisotopic (exact) mass is 247 g/mol. The number of aromatic amines is 1. The van der Waals surface area contributed by atoms with E-state index in [9.17, 15) is 4.79 Å². The highest BCUT2D eigenvalue weighted by atomic mass is 16.4. The average Bonchev–Trinajstić information content (AvgIpc) is 2.72. The average molecular weight is 247 g/mol. The molecule has 2 rings (SSSR count). The van der Waals surface area contributed by atoms with Gasteiger partial charge in [0.2, 0.25) is 0 Å². The molecule has 0 fully saturated rings. The molecule has 0 atom stereocenters. The van der Waals surface area contributed by atoms with Gasteiger partial charge in [-0.15, -0.1) is 0 Å². The van der Waals surface area contributed by atoms with E-state index in [-0.39, 0.29) is 6.54 Å². The second kappa shape index (κ2) is 5.64. The number of hydrogen-bond donors (Lipinski definition) is 2. The lowest BCUT2D eigenvalue weighted by atomic mass is 10.2. The van der Waals surface area contributed by atoms with Gasteiger partial charge in [-0.25, -0.2) is 4.98 Å². The first-order valence-corrected chi connectivity index (χ1v) is 6.06. The van der Waals surface area contributed by atoms with Crippen molar-refractivity contribution in [2.75, 3.05) is 13.1 Å². The molecule has 0 bridgehead atoms. The second-order valence-electron chi connectivity index (χ2n) is 4.32. The predicted octanol–water partition coefficient (Wildman–Crippen LogP) is 1.86. The third-order valence-electron chi connectivity index (χ3n) is 2.83. The van der Waals surface area contributed by atoms with Crippen molar-refractivity contribution >= 4 is 17.0 Å². The molecule has 5 nitrogen and oxygen atoms in total. The highest BCUT2D eigenvalue weighted by Crippen LogP contribution is 2.17. The van der Waals surface area contributed by atoms with Crippen LogP contribution in [0.25, 0.3) is 11.0 Å². The highest BCUT2D eigenvalue weighted by molar-refractivity contribution is 5.79. The van der Waals surface area contributed by atoms with Gasteiger partial charge in [-0.3, -0.25) is 9.69 Å². The lowest BCUT2D eigenvalue weighted by Crippen LogP contribution is -2.29. The number of carboxylic acids is 1. The van der Waals surface area contributed by atoms with Crippen molar-refractivity contribution in [3.05, 3.63) is 30.1 Å². The van der Waals surface area contributed by atoms with Crippen LogP contribution in [0.4, 0.5) is 0 Å². The molecule has 0 unspecified atom stereocenters. The Balaban J connectivity index is 2.17. The Morgan fingerprint density at radius 1 is 1.56 bits per heavy atom. The summed E-state index contributed by atoms with van der Waals surface area (Å²) in [5.41, 5.74) is 1.94. The fourth-order valence-electron chi connectivity index (χ4n) is 2.11. The van der Waals surface area contributed by atoms with Crippen molar-refractivity contribution in [1.82, 2.24) is 14.9 Å². The fourth-order valence-corrected chi connectivity index (χ4v) is 2.11. The van der Waals surface area contributed by atoms with Crippen molar-refractivity contribution in [3.63, 3.8) is 0 Å². The number of H-pyrrole nitrogens is 1. The molecule has 0 amide bonds. The number of carboxylic acid groups (broad SMARTS) is 1. The Hall–Kier alpha value is -1.88. The van der Waals surface area contributed by atoms with Crippen LogP contribution in [0, 0.1) is 0 Å². The van der Waals surface area contributed by atoms with E-state index < -0.39 is 5.97 Å². The van der Waals surface area contributed by atoms with Crippen molar-refractivity contribution in [3.8, 4) is 0 Å². The summed E-state index contributed by atoms with van der Waals surface area (Å²) >= 11 is 0. The molecular formula is C13H17N3O2. The number of rotatable bonds is 6. The molecule has 18 heavy (non-hydrogen) atoms. The SMILES string of the molecule is CCCN(CC(=O)O)Cc1c[nH]c2ncccc12. The Morgan fingerprint density at radius 3 is 3.11 bits per heavy atom. The first kappa shape index (κ1) is 12.6. The standard InChI is InChI=1S/C13H17N3O2/c1-2-6-16(9-12(17)18)8-10-7-15-13-11(10)4-3-5-14-13/h3-5,7H,2,6,8-9H2,1H3,(H,14,15)(H,17,18). The van der Waals surface area contributed by atoms with Gasteiger partial charge in [0.15, 0.2) is 0 Å². The quantitative estimate of drug-likeness (QED) is 0.817. The van der Waals surface area contributed by atoms with E-state index in [2.05, 4.69) is 9.97 Å². The highest BCUT2D eigenvalue weighted by Gasteiger charge is 2.12. The van der Waals surface area contributed by atoms with Gasteiger partial charge < -0.3 is 10.1 Å².